The van der Waals surface area contributed by atoms with Gasteiger partial charge in [0.05, 0.1) is 0 Å². The van der Waals surface area contributed by atoms with Crippen LogP contribution >= 0.6 is 0 Å². The molecule has 0 bridgehead atoms. The Hall–Kier alpha value is 1.78. The van der Waals surface area contributed by atoms with Crippen molar-refractivity contribution in [3.63, 3.8) is 0 Å². The Balaban J connectivity index is 0. The van der Waals surface area contributed by atoms with E-state index >= 15 is 0 Å². The Morgan fingerprint density at radius 3 is 0.667 bits per heavy atom. The monoisotopic (exact) mass is 246 g/mol. The zero-order valence-corrected chi connectivity index (χ0v) is 8.41. The number of hydrogen-bond donors (Lipinski definition) is 0. The SMILES string of the molecule is [Ag+].[Al+3].[O-2].[O-2].[O-2].[Zn+2]. The molecule has 0 aromatic rings. The molecule has 0 amide bonds. The van der Waals surface area contributed by atoms with Crippen molar-refractivity contribution in [1.29, 1.82) is 0 Å². The van der Waals surface area contributed by atoms with Gasteiger partial charge in [-0.15, -0.1) is 0 Å². The van der Waals surface area contributed by atoms with Gasteiger partial charge in [0, 0.05) is 0 Å². The van der Waals surface area contributed by atoms with E-state index in [1.165, 1.54) is 0 Å². The minimum atomic E-state index is 0. The third-order valence-corrected chi connectivity index (χ3v) is 0. The van der Waals surface area contributed by atoms with Crippen LogP contribution in [0.5, 0.6) is 0 Å². The number of rotatable bonds is 0. The first-order valence-corrected chi connectivity index (χ1v) is 0. The van der Waals surface area contributed by atoms with Crippen molar-refractivity contribution in [3.8, 4) is 0 Å². The Morgan fingerprint density at radius 2 is 0.667 bits per heavy atom. The van der Waals surface area contributed by atoms with Gasteiger partial charge >= 0.3 is 59.2 Å². The standard InChI is InChI=1S/Ag.Al.3O.Zn/q+1;+3;3*-2;+2. The molecule has 0 heterocycles. The molecule has 34 valence electrons. The zero-order chi connectivity index (χ0) is 0. The number of hydrogen-bond acceptors (Lipinski definition) is 0. The summed E-state index contributed by atoms with van der Waals surface area (Å²) in [5, 5.41) is 0. The molecule has 0 saturated carbocycles. The molecule has 0 rings (SSSR count). The first kappa shape index (κ1) is 113. The molecule has 0 aliphatic rings. The summed E-state index contributed by atoms with van der Waals surface area (Å²) < 4.78 is 0. The van der Waals surface area contributed by atoms with Crippen LogP contribution in [0.15, 0.2) is 0 Å². The molecule has 0 aliphatic carbocycles. The van der Waals surface area contributed by atoms with E-state index in [2.05, 4.69) is 0 Å². The largest absolute Gasteiger partial charge is 3.00 e. The van der Waals surface area contributed by atoms with Crippen LogP contribution in [0.3, 0.4) is 0 Å². The van der Waals surface area contributed by atoms with Gasteiger partial charge in [0.15, 0.2) is 0 Å². The molecule has 0 aliphatic heterocycles. The van der Waals surface area contributed by atoms with E-state index in [1.54, 1.807) is 0 Å². The average Bonchev–Trinajstić information content (AvgIpc) is 0. The fourth-order valence-corrected chi connectivity index (χ4v) is 0. The van der Waals surface area contributed by atoms with Gasteiger partial charge in [-0.1, -0.05) is 0 Å². The van der Waals surface area contributed by atoms with Crippen LogP contribution in [-0.4, -0.2) is 17.4 Å². The summed E-state index contributed by atoms with van der Waals surface area (Å²) in [6.07, 6.45) is 0. The topological polar surface area (TPSA) is 85.5 Å². The molecule has 6 heteroatoms. The molecule has 0 radical (unpaired) electrons. The first-order chi connectivity index (χ1) is 0. The van der Waals surface area contributed by atoms with Crippen LogP contribution in [0, 0.1) is 0 Å². The van der Waals surface area contributed by atoms with Crippen LogP contribution < -0.4 is 0 Å². The van der Waals surface area contributed by atoms with E-state index < -0.39 is 0 Å². The van der Waals surface area contributed by atoms with Gasteiger partial charge in [0.2, 0.25) is 0 Å². The average molecular weight is 248 g/mol. The Bertz CT molecular complexity index is 10.8. The summed E-state index contributed by atoms with van der Waals surface area (Å²) in [4.78, 5) is 0. The van der Waals surface area contributed by atoms with Gasteiger partial charge in [0.25, 0.3) is 0 Å². The van der Waals surface area contributed by atoms with Gasteiger partial charge in [-0.25, -0.2) is 0 Å². The molecule has 0 fully saturated rings. The van der Waals surface area contributed by atoms with Crippen LogP contribution in [0.1, 0.15) is 0 Å². The second-order valence-electron chi connectivity index (χ2n) is 0. The van der Waals surface area contributed by atoms with E-state index in [1.807, 2.05) is 0 Å². The van der Waals surface area contributed by atoms with E-state index in [0.29, 0.717) is 0 Å². The maximum atomic E-state index is 0. The maximum absolute atomic E-state index is 0. The minimum absolute atomic E-state index is 0. The van der Waals surface area contributed by atoms with Gasteiger partial charge in [-0.05, 0) is 0 Å². The summed E-state index contributed by atoms with van der Waals surface area (Å²) in [7, 11) is 0. The predicted molar refractivity (Wildman–Crippen MR) is 7.81 cm³/mol. The molecule has 0 spiro atoms. The van der Waals surface area contributed by atoms with Gasteiger partial charge in [-0.2, -0.15) is 0 Å². The van der Waals surface area contributed by atoms with Gasteiger partial charge in [-0.3, -0.25) is 0 Å². The summed E-state index contributed by atoms with van der Waals surface area (Å²) in [5.41, 5.74) is 0. The molecular weight excluding hydrogens is 248 g/mol. The van der Waals surface area contributed by atoms with Crippen molar-refractivity contribution in [2.75, 3.05) is 0 Å². The molecule has 0 N–H and O–H groups in total. The Morgan fingerprint density at radius 1 is 0.667 bits per heavy atom. The van der Waals surface area contributed by atoms with Crippen molar-refractivity contribution in [3.05, 3.63) is 0 Å². The van der Waals surface area contributed by atoms with E-state index in [0.717, 1.165) is 0 Å². The van der Waals surface area contributed by atoms with Crippen molar-refractivity contribution in [2.45, 2.75) is 0 Å². The summed E-state index contributed by atoms with van der Waals surface area (Å²) >= 11 is 0. The fourth-order valence-electron chi connectivity index (χ4n) is 0. The van der Waals surface area contributed by atoms with Crippen LogP contribution in [0.4, 0.5) is 0 Å². The normalized spacial score (nSPS) is 0. The second kappa shape index (κ2) is 71.7. The third kappa shape index (κ3) is 41.8. The van der Waals surface area contributed by atoms with Gasteiger partial charge in [0.1, 0.15) is 0 Å². The molecule has 0 atom stereocenters. The summed E-state index contributed by atoms with van der Waals surface area (Å²) in [5.74, 6) is 0. The second-order valence-corrected chi connectivity index (χ2v) is 0. The molecule has 0 unspecified atom stereocenters. The molecule has 0 saturated heterocycles. The van der Waals surface area contributed by atoms with E-state index in [-0.39, 0.29) is 75.6 Å². The maximum Gasteiger partial charge on any atom is 3.00 e. The molecule has 0 aromatic heterocycles. The Labute approximate surface area is 75.2 Å². The quantitative estimate of drug-likeness (QED) is 0.505. The zero-order valence-electron chi connectivity index (χ0n) is 2.81. The predicted octanol–water partition coefficient (Wildman–Crippen LogP) is -0.742. The van der Waals surface area contributed by atoms with Crippen molar-refractivity contribution in [1.82, 2.24) is 0 Å². The van der Waals surface area contributed by atoms with Crippen molar-refractivity contribution >= 4 is 17.4 Å². The molecular formula is AgAlO3Zn. The van der Waals surface area contributed by atoms with Crippen LogP contribution in [0.2, 0.25) is 0 Å². The van der Waals surface area contributed by atoms with E-state index in [4.69, 9.17) is 0 Å². The summed E-state index contributed by atoms with van der Waals surface area (Å²) in [6, 6.07) is 0. The Kier molecular flexibility index (Phi) is 1350. The third-order valence-electron chi connectivity index (χ3n) is 0. The van der Waals surface area contributed by atoms with Crippen molar-refractivity contribution in [2.24, 2.45) is 0 Å². The minimum Gasteiger partial charge on any atom is -2.00 e. The first-order valence-electron chi connectivity index (χ1n) is 0. The van der Waals surface area contributed by atoms with E-state index in [9.17, 15) is 0 Å². The smallest absolute Gasteiger partial charge is 2.00 e. The van der Waals surface area contributed by atoms with Crippen LogP contribution in [0.25, 0.3) is 0 Å². The molecule has 6 heavy (non-hydrogen) atoms. The summed E-state index contributed by atoms with van der Waals surface area (Å²) in [6.45, 7) is 0. The molecule has 3 nitrogen and oxygen atoms in total. The van der Waals surface area contributed by atoms with Crippen LogP contribution in [-0.2, 0) is 58.3 Å². The van der Waals surface area contributed by atoms with Gasteiger partial charge < -0.3 is 16.4 Å². The fraction of sp³-hybridized carbons (Fsp3) is 0. The van der Waals surface area contributed by atoms with Crippen molar-refractivity contribution < 1.29 is 58.3 Å². The molecule has 0 aromatic carbocycles.